The van der Waals surface area contributed by atoms with E-state index in [1.54, 1.807) is 11.3 Å². The van der Waals surface area contributed by atoms with Gasteiger partial charge in [0.2, 0.25) is 0 Å². The van der Waals surface area contributed by atoms with Gasteiger partial charge in [0, 0.05) is 23.1 Å². The summed E-state index contributed by atoms with van der Waals surface area (Å²) < 4.78 is 1.07. The Kier molecular flexibility index (Phi) is 2.84. The second-order valence-electron chi connectivity index (χ2n) is 6.37. The van der Waals surface area contributed by atoms with Crippen LogP contribution >= 0.6 is 11.3 Å². The van der Waals surface area contributed by atoms with E-state index in [4.69, 9.17) is 5.73 Å². The second kappa shape index (κ2) is 4.52. The zero-order valence-electron chi connectivity index (χ0n) is 12.1. The maximum atomic E-state index is 12.5. The largest absolute Gasteiger partial charge is 0.349 e. The molecular formula is C16H19N3OS. The van der Waals surface area contributed by atoms with Crippen molar-refractivity contribution < 1.29 is 4.79 Å². The fraction of sp³-hybridized carbons (Fsp3) is 0.500. The lowest BCUT2D eigenvalue weighted by Crippen LogP contribution is -2.69. The zero-order chi connectivity index (χ0) is 14.6. The quantitative estimate of drug-likeness (QED) is 0.896. The van der Waals surface area contributed by atoms with Crippen LogP contribution in [0.1, 0.15) is 41.0 Å². The summed E-state index contributed by atoms with van der Waals surface area (Å²) in [5.41, 5.74) is 8.03. The molecule has 0 saturated heterocycles. The number of fused-ring (bicyclic) bond motifs is 1. The lowest BCUT2D eigenvalue weighted by atomic mass is 9.50. The predicted molar refractivity (Wildman–Crippen MR) is 84.5 cm³/mol. The number of aryl methyl sites for hydroxylation is 1. The maximum absolute atomic E-state index is 12.5. The van der Waals surface area contributed by atoms with Gasteiger partial charge in [-0.2, -0.15) is 0 Å². The summed E-state index contributed by atoms with van der Waals surface area (Å²) in [6, 6.07) is 6.26. The molecule has 0 aliphatic heterocycles. The first-order valence-corrected chi connectivity index (χ1v) is 8.34. The number of carbonyl (C=O) groups is 1. The Morgan fingerprint density at radius 3 is 2.95 bits per heavy atom. The van der Waals surface area contributed by atoms with Crippen LogP contribution in [-0.4, -0.2) is 23.0 Å². The van der Waals surface area contributed by atoms with E-state index in [-0.39, 0.29) is 23.4 Å². The SMILES string of the molecule is Cc1nc2ccc(C(=O)NC3CC(N)C34CCC4)cc2s1. The summed E-state index contributed by atoms with van der Waals surface area (Å²) in [7, 11) is 0. The maximum Gasteiger partial charge on any atom is 0.251 e. The van der Waals surface area contributed by atoms with Gasteiger partial charge in [-0.3, -0.25) is 4.79 Å². The highest BCUT2D eigenvalue weighted by Gasteiger charge is 2.57. The van der Waals surface area contributed by atoms with E-state index < -0.39 is 0 Å². The van der Waals surface area contributed by atoms with Gasteiger partial charge in [-0.25, -0.2) is 4.98 Å². The lowest BCUT2D eigenvalue weighted by molar-refractivity contribution is -0.0389. The standard InChI is InChI=1S/C16H19N3OS/c1-9-18-11-4-3-10(7-12(11)21-9)15(20)19-14-8-13(17)16(14)5-2-6-16/h3-4,7,13-14H,2,5-6,8,17H2,1H3,(H,19,20). The molecule has 2 fully saturated rings. The van der Waals surface area contributed by atoms with Crippen LogP contribution in [0.2, 0.25) is 0 Å². The molecule has 1 aromatic heterocycles. The molecule has 4 nitrogen and oxygen atoms in total. The van der Waals surface area contributed by atoms with E-state index in [1.165, 1.54) is 6.42 Å². The minimum absolute atomic E-state index is 0.0196. The topological polar surface area (TPSA) is 68.0 Å². The number of rotatable bonds is 2. The Bertz CT molecular complexity index is 719. The third kappa shape index (κ3) is 1.91. The average molecular weight is 301 g/mol. The minimum Gasteiger partial charge on any atom is -0.349 e. The van der Waals surface area contributed by atoms with Gasteiger partial charge in [0.15, 0.2) is 0 Å². The molecule has 0 bridgehead atoms. The number of nitrogens with one attached hydrogen (secondary N) is 1. The van der Waals surface area contributed by atoms with Gasteiger partial charge >= 0.3 is 0 Å². The molecule has 3 N–H and O–H groups in total. The minimum atomic E-state index is 0.0196. The van der Waals surface area contributed by atoms with Crippen molar-refractivity contribution in [1.29, 1.82) is 0 Å². The number of hydrogen-bond acceptors (Lipinski definition) is 4. The molecule has 2 saturated carbocycles. The van der Waals surface area contributed by atoms with Crippen LogP contribution in [0.15, 0.2) is 18.2 Å². The van der Waals surface area contributed by atoms with Gasteiger partial charge in [0.05, 0.1) is 15.2 Å². The fourth-order valence-corrected chi connectivity index (χ4v) is 4.62. The van der Waals surface area contributed by atoms with E-state index in [0.717, 1.165) is 40.1 Å². The smallest absolute Gasteiger partial charge is 0.251 e. The highest BCUT2D eigenvalue weighted by molar-refractivity contribution is 7.18. The molecular weight excluding hydrogens is 282 g/mol. The normalized spacial score (nSPS) is 26.4. The van der Waals surface area contributed by atoms with Crippen LogP contribution in [0.4, 0.5) is 0 Å². The van der Waals surface area contributed by atoms with E-state index in [2.05, 4.69) is 10.3 Å². The third-order valence-electron chi connectivity index (χ3n) is 5.27. The Balaban J connectivity index is 1.53. The summed E-state index contributed by atoms with van der Waals surface area (Å²) in [5.74, 6) is 0.0196. The van der Waals surface area contributed by atoms with Crippen LogP contribution in [0.5, 0.6) is 0 Å². The molecule has 2 unspecified atom stereocenters. The van der Waals surface area contributed by atoms with Gasteiger partial charge in [0.25, 0.3) is 5.91 Å². The molecule has 0 radical (unpaired) electrons. The number of nitrogens with zero attached hydrogens (tertiary/aromatic N) is 1. The molecule has 4 rings (SSSR count). The van der Waals surface area contributed by atoms with Crippen molar-refractivity contribution in [3.63, 3.8) is 0 Å². The number of nitrogens with two attached hydrogens (primary N) is 1. The van der Waals surface area contributed by atoms with E-state index in [0.29, 0.717) is 0 Å². The summed E-state index contributed by atoms with van der Waals surface area (Å²) in [4.78, 5) is 16.9. The Hall–Kier alpha value is -1.46. The van der Waals surface area contributed by atoms with Crippen molar-refractivity contribution in [2.24, 2.45) is 11.1 Å². The molecule has 110 valence electrons. The first-order chi connectivity index (χ1) is 10.1. The van der Waals surface area contributed by atoms with E-state index >= 15 is 0 Å². The average Bonchev–Trinajstić information content (AvgIpc) is 2.74. The summed E-state index contributed by atoms with van der Waals surface area (Å²) in [6.07, 6.45) is 4.47. The number of carbonyl (C=O) groups excluding carboxylic acids is 1. The number of aromatic nitrogens is 1. The van der Waals surface area contributed by atoms with Crippen molar-refractivity contribution in [2.45, 2.75) is 44.7 Å². The Labute approximate surface area is 127 Å². The van der Waals surface area contributed by atoms with Crippen molar-refractivity contribution in [3.8, 4) is 0 Å². The Morgan fingerprint density at radius 1 is 1.48 bits per heavy atom. The van der Waals surface area contributed by atoms with Crippen molar-refractivity contribution in [3.05, 3.63) is 28.8 Å². The highest BCUT2D eigenvalue weighted by Crippen LogP contribution is 2.55. The summed E-state index contributed by atoms with van der Waals surface area (Å²) >= 11 is 1.63. The van der Waals surface area contributed by atoms with Crippen LogP contribution in [0, 0.1) is 12.3 Å². The first-order valence-electron chi connectivity index (χ1n) is 7.52. The van der Waals surface area contributed by atoms with Gasteiger partial charge in [0.1, 0.15) is 0 Å². The molecule has 5 heteroatoms. The summed E-state index contributed by atoms with van der Waals surface area (Å²) in [6.45, 7) is 1.99. The monoisotopic (exact) mass is 301 g/mol. The zero-order valence-corrected chi connectivity index (χ0v) is 12.9. The molecule has 2 aliphatic carbocycles. The summed E-state index contributed by atoms with van der Waals surface area (Å²) in [5, 5.41) is 4.22. The molecule has 21 heavy (non-hydrogen) atoms. The lowest BCUT2D eigenvalue weighted by Gasteiger charge is -2.60. The fourth-order valence-electron chi connectivity index (χ4n) is 3.75. The molecule has 2 aromatic rings. The third-order valence-corrected chi connectivity index (χ3v) is 6.20. The Morgan fingerprint density at radius 2 is 2.29 bits per heavy atom. The van der Waals surface area contributed by atoms with Gasteiger partial charge in [-0.05, 0) is 44.4 Å². The second-order valence-corrected chi connectivity index (χ2v) is 7.61. The number of thiazole rings is 1. The van der Waals surface area contributed by atoms with Crippen molar-refractivity contribution in [1.82, 2.24) is 10.3 Å². The van der Waals surface area contributed by atoms with E-state index in [9.17, 15) is 4.79 Å². The number of hydrogen-bond donors (Lipinski definition) is 2. The van der Waals surface area contributed by atoms with E-state index in [1.807, 2.05) is 25.1 Å². The van der Waals surface area contributed by atoms with Gasteiger partial charge < -0.3 is 11.1 Å². The van der Waals surface area contributed by atoms with Crippen LogP contribution in [0.3, 0.4) is 0 Å². The van der Waals surface area contributed by atoms with Gasteiger partial charge in [-0.1, -0.05) is 6.42 Å². The number of benzene rings is 1. The van der Waals surface area contributed by atoms with Crippen LogP contribution in [-0.2, 0) is 0 Å². The van der Waals surface area contributed by atoms with Crippen molar-refractivity contribution >= 4 is 27.5 Å². The molecule has 2 atom stereocenters. The molecule has 1 aromatic carbocycles. The predicted octanol–water partition coefficient (Wildman–Crippen LogP) is 2.60. The highest BCUT2D eigenvalue weighted by atomic mass is 32.1. The van der Waals surface area contributed by atoms with Crippen molar-refractivity contribution in [2.75, 3.05) is 0 Å². The molecule has 2 aliphatic rings. The molecule has 1 heterocycles. The van der Waals surface area contributed by atoms with Gasteiger partial charge in [-0.15, -0.1) is 11.3 Å². The van der Waals surface area contributed by atoms with Crippen LogP contribution in [0.25, 0.3) is 10.2 Å². The van der Waals surface area contributed by atoms with Crippen LogP contribution < -0.4 is 11.1 Å². The number of amides is 1. The first kappa shape index (κ1) is 13.2. The molecule has 1 amide bonds. The molecule has 1 spiro atoms.